The van der Waals surface area contributed by atoms with Gasteiger partial charge in [-0.1, -0.05) is 12.1 Å². The number of amides is 2. The summed E-state index contributed by atoms with van der Waals surface area (Å²) in [4.78, 5) is 12.3. The van der Waals surface area contributed by atoms with E-state index in [-0.39, 0.29) is 23.8 Å². The molecule has 2 unspecified atom stereocenters. The molecule has 1 fully saturated rings. The van der Waals surface area contributed by atoms with Crippen molar-refractivity contribution in [3.8, 4) is 0 Å². The van der Waals surface area contributed by atoms with Crippen LogP contribution in [0.15, 0.2) is 48.5 Å². The molecule has 3 rings (SSSR count). The van der Waals surface area contributed by atoms with Crippen LogP contribution in [0.3, 0.4) is 0 Å². The maximum Gasteiger partial charge on any atom is 0.319 e. The lowest BCUT2D eigenvalue weighted by Gasteiger charge is -2.25. The molecule has 4 nitrogen and oxygen atoms in total. The molecule has 2 amide bonds. The predicted molar refractivity (Wildman–Crippen MR) is 86.7 cm³/mol. The van der Waals surface area contributed by atoms with Gasteiger partial charge in [0.25, 0.3) is 0 Å². The Morgan fingerprint density at radius 1 is 1.04 bits per heavy atom. The topological polar surface area (TPSA) is 50.4 Å². The zero-order valence-electron chi connectivity index (χ0n) is 13.0. The summed E-state index contributed by atoms with van der Waals surface area (Å²) in [6, 6.07) is 10.7. The van der Waals surface area contributed by atoms with E-state index in [1.807, 2.05) is 0 Å². The monoisotopic (exact) mass is 332 g/mol. The van der Waals surface area contributed by atoms with Crippen molar-refractivity contribution in [2.45, 2.75) is 25.0 Å². The molecular weight excluding hydrogens is 314 g/mol. The maximum absolute atomic E-state index is 13.1. The molecule has 1 heterocycles. The summed E-state index contributed by atoms with van der Waals surface area (Å²) in [5.74, 6) is -0.704. The Kier molecular flexibility index (Phi) is 5.05. The number of benzene rings is 2. The van der Waals surface area contributed by atoms with Gasteiger partial charge in [0.05, 0.1) is 12.1 Å². The molecule has 2 atom stereocenters. The highest BCUT2D eigenvalue weighted by atomic mass is 19.1. The largest absolute Gasteiger partial charge is 0.376 e. The van der Waals surface area contributed by atoms with Crippen LogP contribution in [0.5, 0.6) is 0 Å². The molecule has 0 bridgehead atoms. The Labute approximate surface area is 138 Å². The van der Waals surface area contributed by atoms with E-state index in [0.717, 1.165) is 18.4 Å². The molecule has 1 aliphatic rings. The highest BCUT2D eigenvalue weighted by Crippen LogP contribution is 2.27. The van der Waals surface area contributed by atoms with E-state index in [0.29, 0.717) is 12.3 Å². The smallest absolute Gasteiger partial charge is 0.319 e. The summed E-state index contributed by atoms with van der Waals surface area (Å²) in [7, 11) is 0. The minimum Gasteiger partial charge on any atom is -0.376 e. The van der Waals surface area contributed by atoms with Crippen LogP contribution in [0.1, 0.15) is 24.4 Å². The Bertz CT molecular complexity index is 683. The first kappa shape index (κ1) is 16.4. The van der Waals surface area contributed by atoms with Crippen molar-refractivity contribution in [3.63, 3.8) is 0 Å². The highest BCUT2D eigenvalue weighted by molar-refractivity contribution is 5.89. The van der Waals surface area contributed by atoms with E-state index in [9.17, 15) is 13.6 Å². The molecule has 1 aliphatic heterocycles. The summed E-state index contributed by atoms with van der Waals surface area (Å²) in [6.07, 6.45) is 1.58. The van der Waals surface area contributed by atoms with E-state index in [1.165, 1.54) is 36.4 Å². The molecule has 0 radical (unpaired) electrons. The van der Waals surface area contributed by atoms with Gasteiger partial charge in [-0.3, -0.25) is 0 Å². The molecule has 6 heteroatoms. The fourth-order valence-corrected chi connectivity index (χ4v) is 2.77. The standard InChI is InChI=1S/C18H18F2N2O2/c19-13-5-3-12(4-6-13)17(16-2-1-11-24-16)22-18(23)21-15-9-7-14(20)8-10-15/h3-10,16-17H,1-2,11H2,(H2,21,22,23). The summed E-state index contributed by atoms with van der Waals surface area (Å²) >= 11 is 0. The quantitative estimate of drug-likeness (QED) is 0.889. The van der Waals surface area contributed by atoms with E-state index in [1.54, 1.807) is 12.1 Å². The number of ether oxygens (including phenoxy) is 1. The van der Waals surface area contributed by atoms with E-state index in [2.05, 4.69) is 10.6 Å². The first-order valence-electron chi connectivity index (χ1n) is 7.82. The van der Waals surface area contributed by atoms with Crippen LogP contribution >= 0.6 is 0 Å². The Morgan fingerprint density at radius 2 is 1.67 bits per heavy atom. The molecule has 126 valence electrons. The van der Waals surface area contributed by atoms with Gasteiger partial charge >= 0.3 is 6.03 Å². The Morgan fingerprint density at radius 3 is 2.25 bits per heavy atom. The van der Waals surface area contributed by atoms with E-state index in [4.69, 9.17) is 4.74 Å². The van der Waals surface area contributed by atoms with Crippen molar-refractivity contribution in [1.29, 1.82) is 0 Å². The third-order valence-electron chi connectivity index (χ3n) is 3.95. The summed E-state index contributed by atoms with van der Waals surface area (Å²) in [5, 5.41) is 5.52. The van der Waals surface area contributed by atoms with Crippen molar-refractivity contribution >= 4 is 11.7 Å². The van der Waals surface area contributed by atoms with Gasteiger partial charge in [0.1, 0.15) is 11.6 Å². The molecule has 2 aromatic rings. The van der Waals surface area contributed by atoms with Crippen molar-refractivity contribution in [2.75, 3.05) is 11.9 Å². The lowest BCUT2D eigenvalue weighted by atomic mass is 9.99. The number of anilines is 1. The molecule has 2 N–H and O–H groups in total. The average Bonchev–Trinajstić information content (AvgIpc) is 3.10. The predicted octanol–water partition coefficient (Wildman–Crippen LogP) is 4.01. The Balaban J connectivity index is 1.72. The zero-order chi connectivity index (χ0) is 16.9. The SMILES string of the molecule is O=C(Nc1ccc(F)cc1)NC(c1ccc(F)cc1)C1CCCO1. The fourth-order valence-electron chi connectivity index (χ4n) is 2.77. The van der Waals surface area contributed by atoms with Crippen LogP contribution < -0.4 is 10.6 Å². The highest BCUT2D eigenvalue weighted by Gasteiger charge is 2.28. The molecule has 0 spiro atoms. The number of carbonyl (C=O) groups is 1. The van der Waals surface area contributed by atoms with Gasteiger partial charge in [0, 0.05) is 12.3 Å². The van der Waals surface area contributed by atoms with E-state index < -0.39 is 6.03 Å². The first-order valence-corrected chi connectivity index (χ1v) is 7.82. The van der Waals surface area contributed by atoms with Gasteiger partial charge in [-0.05, 0) is 54.8 Å². The minimum atomic E-state index is -0.425. The summed E-state index contributed by atoms with van der Waals surface area (Å²) in [6.45, 7) is 0.642. The molecule has 0 saturated carbocycles. The van der Waals surface area contributed by atoms with Gasteiger partial charge in [0.15, 0.2) is 0 Å². The maximum atomic E-state index is 13.1. The van der Waals surface area contributed by atoms with Gasteiger partial charge in [0.2, 0.25) is 0 Å². The summed E-state index contributed by atoms with van der Waals surface area (Å²) in [5.41, 5.74) is 1.26. The van der Waals surface area contributed by atoms with E-state index >= 15 is 0 Å². The third kappa shape index (κ3) is 4.08. The van der Waals surface area contributed by atoms with Crippen LogP contribution in [0.4, 0.5) is 19.3 Å². The number of urea groups is 1. The first-order chi connectivity index (χ1) is 11.6. The van der Waals surface area contributed by atoms with Crippen molar-refractivity contribution in [1.82, 2.24) is 5.32 Å². The second kappa shape index (κ2) is 7.40. The number of carbonyl (C=O) groups excluding carboxylic acids is 1. The lowest BCUT2D eigenvalue weighted by Crippen LogP contribution is -2.38. The average molecular weight is 332 g/mol. The lowest BCUT2D eigenvalue weighted by molar-refractivity contribution is 0.0815. The minimum absolute atomic E-state index is 0.158. The number of hydrogen-bond acceptors (Lipinski definition) is 2. The fraction of sp³-hybridized carbons (Fsp3) is 0.278. The molecular formula is C18H18F2N2O2. The van der Waals surface area contributed by atoms with Gasteiger partial charge in [-0.15, -0.1) is 0 Å². The number of halogens is 2. The second-order valence-corrected chi connectivity index (χ2v) is 5.69. The van der Waals surface area contributed by atoms with Crippen LogP contribution in [-0.4, -0.2) is 18.7 Å². The van der Waals surface area contributed by atoms with Crippen molar-refractivity contribution in [2.24, 2.45) is 0 Å². The van der Waals surface area contributed by atoms with Crippen molar-refractivity contribution < 1.29 is 18.3 Å². The molecule has 1 saturated heterocycles. The Hall–Kier alpha value is -2.47. The van der Waals surface area contributed by atoms with Gasteiger partial charge in [-0.25, -0.2) is 13.6 Å². The normalized spacial score (nSPS) is 18.2. The van der Waals surface area contributed by atoms with Crippen LogP contribution in [0.2, 0.25) is 0 Å². The second-order valence-electron chi connectivity index (χ2n) is 5.69. The van der Waals surface area contributed by atoms with Crippen LogP contribution in [-0.2, 0) is 4.74 Å². The molecule has 0 aromatic heterocycles. The molecule has 2 aromatic carbocycles. The zero-order valence-corrected chi connectivity index (χ0v) is 13.0. The van der Waals surface area contributed by atoms with Gasteiger partial charge in [-0.2, -0.15) is 0 Å². The molecule has 24 heavy (non-hydrogen) atoms. The van der Waals surface area contributed by atoms with Gasteiger partial charge < -0.3 is 15.4 Å². The third-order valence-corrected chi connectivity index (χ3v) is 3.95. The number of hydrogen-bond donors (Lipinski definition) is 2. The van der Waals surface area contributed by atoms with Crippen LogP contribution in [0.25, 0.3) is 0 Å². The number of nitrogens with one attached hydrogen (secondary N) is 2. The van der Waals surface area contributed by atoms with Crippen LogP contribution in [0, 0.1) is 11.6 Å². The number of rotatable bonds is 4. The molecule has 0 aliphatic carbocycles. The summed E-state index contributed by atoms with van der Waals surface area (Å²) < 4.78 is 31.7. The van der Waals surface area contributed by atoms with Crippen molar-refractivity contribution in [3.05, 3.63) is 65.7 Å².